The summed E-state index contributed by atoms with van der Waals surface area (Å²) in [4.78, 5) is 10.6. The van der Waals surface area contributed by atoms with Crippen molar-refractivity contribution >= 4 is 6.09 Å². The quantitative estimate of drug-likeness (QED) is 0.895. The van der Waals surface area contributed by atoms with Crippen LogP contribution in [0.1, 0.15) is 32.2 Å². The molecule has 2 atom stereocenters. The number of carbonyl (C=O) groups is 1. The molecule has 1 aliphatic carbocycles. The zero-order chi connectivity index (χ0) is 13.0. The lowest BCUT2D eigenvalue weighted by Gasteiger charge is -2.12. The summed E-state index contributed by atoms with van der Waals surface area (Å²) in [7, 11) is 1.67. The van der Waals surface area contributed by atoms with Gasteiger partial charge in [0, 0.05) is 1.43 Å². The summed E-state index contributed by atoms with van der Waals surface area (Å²) in [5, 5.41) is 0. The van der Waals surface area contributed by atoms with Crippen LogP contribution in [-0.2, 0) is 4.74 Å². The minimum Gasteiger partial charge on any atom is -0.497 e. The maximum absolute atomic E-state index is 10.6. The molecule has 1 fully saturated rings. The Bertz CT molecular complexity index is 408. The Morgan fingerprint density at radius 3 is 2.72 bits per heavy atom. The molecule has 4 nitrogen and oxygen atoms in total. The molecule has 0 aliphatic heterocycles. The van der Waals surface area contributed by atoms with Gasteiger partial charge >= 0.3 is 6.09 Å². The molecule has 1 saturated carbocycles. The van der Waals surface area contributed by atoms with Gasteiger partial charge in [0.05, 0.1) is 13.7 Å². The first-order valence-corrected chi connectivity index (χ1v) is 6.25. The largest absolute Gasteiger partial charge is 0.497 e. The van der Waals surface area contributed by atoms with Crippen LogP contribution in [0.5, 0.6) is 5.75 Å². The Labute approximate surface area is 109 Å². The van der Waals surface area contributed by atoms with Gasteiger partial charge in [0.15, 0.2) is 0 Å². The highest BCUT2D eigenvalue weighted by atomic mass is 16.5. The average molecular weight is 251 g/mol. The van der Waals surface area contributed by atoms with E-state index in [1.165, 1.54) is 5.56 Å². The summed E-state index contributed by atoms with van der Waals surface area (Å²) in [6.07, 6.45) is 2.60. The van der Waals surface area contributed by atoms with Gasteiger partial charge in [0.1, 0.15) is 5.75 Å². The molecule has 4 heteroatoms. The fraction of sp³-hybridized carbons (Fsp3) is 0.500. The van der Waals surface area contributed by atoms with E-state index in [4.69, 9.17) is 15.2 Å². The zero-order valence-corrected chi connectivity index (χ0v) is 10.6. The normalized spacial score (nSPS) is 22.7. The number of rotatable bonds is 4. The molecule has 0 aromatic heterocycles. The lowest BCUT2D eigenvalue weighted by Crippen LogP contribution is -2.17. The first kappa shape index (κ1) is 12.7. The van der Waals surface area contributed by atoms with Crippen molar-refractivity contribution in [3.8, 4) is 5.75 Å². The van der Waals surface area contributed by atoms with Gasteiger partial charge in [-0.2, -0.15) is 0 Å². The second kappa shape index (κ2) is 5.76. The molecule has 1 aliphatic rings. The number of benzene rings is 1. The average Bonchev–Trinajstić information content (AvgIpc) is 2.85. The van der Waals surface area contributed by atoms with Gasteiger partial charge in [-0.15, -0.1) is 0 Å². The van der Waals surface area contributed by atoms with Crippen molar-refractivity contribution in [2.75, 3.05) is 13.7 Å². The number of nitrogens with two attached hydrogens (primary N) is 1. The van der Waals surface area contributed by atoms with Crippen LogP contribution >= 0.6 is 0 Å². The lowest BCUT2D eigenvalue weighted by atomic mass is 9.96. The zero-order valence-electron chi connectivity index (χ0n) is 10.6. The van der Waals surface area contributed by atoms with Gasteiger partial charge in [-0.1, -0.05) is 12.1 Å². The van der Waals surface area contributed by atoms with E-state index in [2.05, 4.69) is 12.1 Å². The van der Waals surface area contributed by atoms with Crippen LogP contribution in [-0.4, -0.2) is 19.8 Å². The van der Waals surface area contributed by atoms with Gasteiger partial charge in [-0.25, -0.2) is 4.79 Å². The topological polar surface area (TPSA) is 61.6 Å². The van der Waals surface area contributed by atoms with Crippen LogP contribution in [0.15, 0.2) is 24.3 Å². The van der Waals surface area contributed by atoms with Crippen molar-refractivity contribution in [1.82, 2.24) is 0 Å². The Morgan fingerprint density at radius 2 is 2.11 bits per heavy atom. The van der Waals surface area contributed by atoms with Crippen molar-refractivity contribution in [3.05, 3.63) is 29.8 Å². The molecule has 2 rings (SSSR count). The summed E-state index contributed by atoms with van der Waals surface area (Å²) in [5.41, 5.74) is 6.30. The number of amides is 1. The van der Waals surface area contributed by atoms with E-state index in [0.29, 0.717) is 18.4 Å². The minimum absolute atomic E-state index is 0. The highest BCUT2D eigenvalue weighted by molar-refractivity contribution is 5.64. The Hall–Kier alpha value is -1.71. The molecule has 0 heterocycles. The summed E-state index contributed by atoms with van der Waals surface area (Å²) >= 11 is 0. The van der Waals surface area contributed by atoms with Crippen molar-refractivity contribution in [2.24, 2.45) is 11.7 Å². The second-order valence-electron chi connectivity index (χ2n) is 4.78. The smallest absolute Gasteiger partial charge is 0.404 e. The first-order valence-electron chi connectivity index (χ1n) is 6.25. The Balaban J connectivity index is 0.00000180. The van der Waals surface area contributed by atoms with E-state index >= 15 is 0 Å². The highest BCUT2D eigenvalue weighted by Gasteiger charge is 2.26. The number of hydrogen-bond donors (Lipinski definition) is 1. The molecular formula is C14H21NO3. The maximum Gasteiger partial charge on any atom is 0.404 e. The van der Waals surface area contributed by atoms with Crippen LogP contribution in [0.25, 0.3) is 0 Å². The molecule has 1 aromatic carbocycles. The number of hydrogen-bond acceptors (Lipinski definition) is 3. The fourth-order valence-corrected chi connectivity index (χ4v) is 2.61. The van der Waals surface area contributed by atoms with Crippen LogP contribution in [0.4, 0.5) is 4.79 Å². The molecule has 18 heavy (non-hydrogen) atoms. The van der Waals surface area contributed by atoms with Crippen molar-refractivity contribution in [2.45, 2.75) is 25.2 Å². The van der Waals surface area contributed by atoms with Gasteiger partial charge in [-0.05, 0) is 48.8 Å². The van der Waals surface area contributed by atoms with E-state index < -0.39 is 6.09 Å². The number of carbonyl (C=O) groups excluding carboxylic acids is 1. The van der Waals surface area contributed by atoms with Crippen LogP contribution in [0.3, 0.4) is 0 Å². The number of primary amides is 1. The SMILES string of the molecule is COc1ccc([C@@H]2CC[C@H](COC(N)=O)C2)cc1.[HH]. The number of ether oxygens (including phenoxy) is 2. The summed E-state index contributed by atoms with van der Waals surface area (Å²) in [6.45, 7) is 0.446. The standard InChI is InChI=1S/C14H19NO3.H2/c1-17-13-6-4-11(5-7-13)12-3-2-10(8-12)9-18-14(15)16;/h4-7,10,12H,2-3,8-9H2,1H3,(H2,15,16);1H/t10-,12+;/m0./s1. The van der Waals surface area contributed by atoms with Gasteiger partial charge in [0.25, 0.3) is 0 Å². The van der Waals surface area contributed by atoms with E-state index in [-0.39, 0.29) is 1.43 Å². The lowest BCUT2D eigenvalue weighted by molar-refractivity contribution is 0.137. The predicted octanol–water partition coefficient (Wildman–Crippen LogP) is 2.92. The minimum atomic E-state index is -0.678. The van der Waals surface area contributed by atoms with Crippen molar-refractivity contribution in [1.29, 1.82) is 0 Å². The van der Waals surface area contributed by atoms with E-state index in [0.717, 1.165) is 25.0 Å². The van der Waals surface area contributed by atoms with E-state index in [9.17, 15) is 4.79 Å². The Kier molecular flexibility index (Phi) is 4.07. The van der Waals surface area contributed by atoms with Gasteiger partial charge < -0.3 is 15.2 Å². The van der Waals surface area contributed by atoms with Gasteiger partial charge in [0.2, 0.25) is 0 Å². The molecule has 1 amide bonds. The van der Waals surface area contributed by atoms with Crippen molar-refractivity contribution < 1.29 is 15.7 Å². The summed E-state index contributed by atoms with van der Waals surface area (Å²) < 4.78 is 10.0. The Morgan fingerprint density at radius 1 is 1.39 bits per heavy atom. The maximum atomic E-state index is 10.6. The van der Waals surface area contributed by atoms with Crippen molar-refractivity contribution in [3.63, 3.8) is 0 Å². The summed E-state index contributed by atoms with van der Waals surface area (Å²) in [5.74, 6) is 1.87. The van der Waals surface area contributed by atoms with Gasteiger partial charge in [-0.3, -0.25) is 0 Å². The third kappa shape index (κ3) is 3.15. The molecule has 0 bridgehead atoms. The second-order valence-corrected chi connectivity index (χ2v) is 4.78. The molecule has 0 unspecified atom stereocenters. The first-order chi connectivity index (χ1) is 8.69. The number of methoxy groups -OCH3 is 1. The summed E-state index contributed by atoms with van der Waals surface area (Å²) in [6, 6.07) is 8.20. The molecule has 1 aromatic rings. The van der Waals surface area contributed by atoms with Crippen LogP contribution in [0.2, 0.25) is 0 Å². The molecule has 100 valence electrons. The molecule has 2 N–H and O–H groups in total. The fourth-order valence-electron chi connectivity index (χ4n) is 2.61. The van der Waals surface area contributed by atoms with E-state index in [1.54, 1.807) is 7.11 Å². The third-order valence-corrected chi connectivity index (χ3v) is 3.59. The highest BCUT2D eigenvalue weighted by Crippen LogP contribution is 2.38. The monoisotopic (exact) mass is 251 g/mol. The molecule has 0 spiro atoms. The molecule has 0 radical (unpaired) electrons. The van der Waals surface area contributed by atoms with E-state index in [1.807, 2.05) is 12.1 Å². The molecule has 0 saturated heterocycles. The van der Waals surface area contributed by atoms with Crippen LogP contribution < -0.4 is 10.5 Å². The third-order valence-electron chi connectivity index (χ3n) is 3.59. The molecular weight excluding hydrogens is 230 g/mol. The van der Waals surface area contributed by atoms with Crippen LogP contribution in [0, 0.1) is 5.92 Å². The predicted molar refractivity (Wildman–Crippen MR) is 70.7 cm³/mol.